The summed E-state index contributed by atoms with van der Waals surface area (Å²) in [6.45, 7) is 4.96. The largest absolute Gasteiger partial charge is 0.312 e. The third kappa shape index (κ3) is 1.47. The van der Waals surface area contributed by atoms with E-state index in [0.717, 1.165) is 12.8 Å². The highest BCUT2D eigenvalue weighted by molar-refractivity contribution is 6.05. The molecule has 2 amide bonds. The van der Waals surface area contributed by atoms with Crippen LogP contribution in [0.5, 0.6) is 0 Å². The maximum Gasteiger partial charge on any atom is 0.234 e. The number of likely N-dealkylation sites (tertiary alicyclic amines) is 1. The molecule has 0 aliphatic carbocycles. The highest BCUT2D eigenvalue weighted by Crippen LogP contribution is 2.36. The number of hydrogen-bond acceptors (Lipinski definition) is 3. The van der Waals surface area contributed by atoms with Crippen molar-refractivity contribution >= 4 is 11.8 Å². The molecule has 16 heavy (non-hydrogen) atoms. The zero-order valence-electron chi connectivity index (χ0n) is 10.2. The van der Waals surface area contributed by atoms with E-state index in [1.807, 2.05) is 0 Å². The molecule has 2 rings (SSSR count). The number of rotatable bonds is 3. The van der Waals surface area contributed by atoms with Gasteiger partial charge in [0.15, 0.2) is 0 Å². The number of amides is 2. The van der Waals surface area contributed by atoms with Gasteiger partial charge in [0.25, 0.3) is 0 Å². The van der Waals surface area contributed by atoms with Crippen molar-refractivity contribution < 1.29 is 9.59 Å². The van der Waals surface area contributed by atoms with Crippen molar-refractivity contribution in [2.45, 2.75) is 32.7 Å². The van der Waals surface area contributed by atoms with Gasteiger partial charge in [-0.2, -0.15) is 0 Å². The molecule has 2 heterocycles. The fourth-order valence-electron chi connectivity index (χ4n) is 3.17. The molecule has 0 aromatic carbocycles. The van der Waals surface area contributed by atoms with Gasteiger partial charge in [-0.15, -0.1) is 0 Å². The summed E-state index contributed by atoms with van der Waals surface area (Å²) < 4.78 is 0. The van der Waals surface area contributed by atoms with Gasteiger partial charge in [-0.1, -0.05) is 26.7 Å². The lowest BCUT2D eigenvalue weighted by Gasteiger charge is -2.25. The highest BCUT2D eigenvalue weighted by atomic mass is 16.2. The monoisotopic (exact) mass is 224 g/mol. The Morgan fingerprint density at radius 3 is 2.50 bits per heavy atom. The first-order valence-electron chi connectivity index (χ1n) is 6.16. The van der Waals surface area contributed by atoms with Crippen LogP contribution in [0.2, 0.25) is 0 Å². The topological polar surface area (TPSA) is 49.4 Å². The van der Waals surface area contributed by atoms with E-state index in [4.69, 9.17) is 0 Å². The van der Waals surface area contributed by atoms with Crippen LogP contribution in [0, 0.1) is 17.8 Å². The molecule has 2 aliphatic rings. The Balaban J connectivity index is 2.21. The van der Waals surface area contributed by atoms with Gasteiger partial charge in [-0.3, -0.25) is 14.5 Å². The maximum atomic E-state index is 12.0. The standard InChI is InChI=1S/C12H20N2O2/c1-4-7(5-2)10-9-8(6-13-10)11(15)14(3)12(9)16/h7-10,13H,4-6H2,1-3H3/t8-,9+,10-/m0/s1. The summed E-state index contributed by atoms with van der Waals surface area (Å²) in [5.41, 5.74) is 0. The summed E-state index contributed by atoms with van der Waals surface area (Å²) in [5.74, 6) is 0.289. The first-order chi connectivity index (χ1) is 7.61. The molecule has 4 heteroatoms. The Morgan fingerprint density at radius 2 is 1.94 bits per heavy atom. The van der Waals surface area contributed by atoms with Crippen molar-refractivity contribution in [3.63, 3.8) is 0 Å². The average molecular weight is 224 g/mol. The fraction of sp³-hybridized carbons (Fsp3) is 0.833. The SMILES string of the molecule is CCC(CC)[C@@H]1NC[C@@H]2C(=O)N(C)C(=O)[C@H]21. The minimum Gasteiger partial charge on any atom is -0.312 e. The summed E-state index contributed by atoms with van der Waals surface area (Å²) in [4.78, 5) is 25.1. The lowest BCUT2D eigenvalue weighted by molar-refractivity contribution is -0.138. The van der Waals surface area contributed by atoms with E-state index < -0.39 is 0 Å². The first kappa shape index (κ1) is 11.6. The molecule has 2 saturated heterocycles. The van der Waals surface area contributed by atoms with Crippen molar-refractivity contribution in [2.24, 2.45) is 17.8 Å². The molecule has 0 saturated carbocycles. The number of nitrogens with one attached hydrogen (secondary N) is 1. The van der Waals surface area contributed by atoms with Crippen molar-refractivity contribution in [2.75, 3.05) is 13.6 Å². The molecule has 0 spiro atoms. The normalized spacial score (nSPS) is 34.0. The molecule has 0 bridgehead atoms. The second kappa shape index (κ2) is 4.17. The summed E-state index contributed by atoms with van der Waals surface area (Å²) in [6, 6.07) is 0.196. The van der Waals surface area contributed by atoms with E-state index in [1.54, 1.807) is 7.05 Å². The van der Waals surface area contributed by atoms with Gasteiger partial charge >= 0.3 is 0 Å². The molecule has 4 nitrogen and oxygen atoms in total. The van der Waals surface area contributed by atoms with Gasteiger partial charge in [-0.05, 0) is 5.92 Å². The zero-order chi connectivity index (χ0) is 11.9. The molecule has 2 fully saturated rings. The van der Waals surface area contributed by atoms with Crippen molar-refractivity contribution in [3.05, 3.63) is 0 Å². The number of nitrogens with zero attached hydrogens (tertiary/aromatic N) is 1. The average Bonchev–Trinajstić information content (AvgIpc) is 2.79. The van der Waals surface area contributed by atoms with Gasteiger partial charge < -0.3 is 5.32 Å². The van der Waals surface area contributed by atoms with Crippen molar-refractivity contribution in [1.29, 1.82) is 0 Å². The predicted molar refractivity (Wildman–Crippen MR) is 60.6 cm³/mol. The van der Waals surface area contributed by atoms with Crippen molar-refractivity contribution in [1.82, 2.24) is 10.2 Å². The van der Waals surface area contributed by atoms with Crippen LogP contribution < -0.4 is 5.32 Å². The van der Waals surface area contributed by atoms with E-state index in [0.29, 0.717) is 12.5 Å². The summed E-state index contributed by atoms with van der Waals surface area (Å²) >= 11 is 0. The first-order valence-corrected chi connectivity index (χ1v) is 6.16. The summed E-state index contributed by atoms with van der Waals surface area (Å²) in [7, 11) is 1.60. The van der Waals surface area contributed by atoms with Crippen LogP contribution in [-0.2, 0) is 9.59 Å². The predicted octanol–water partition coefficient (Wildman–Crippen LogP) is 0.625. The second-order valence-corrected chi connectivity index (χ2v) is 4.88. The van der Waals surface area contributed by atoms with Gasteiger partial charge in [-0.25, -0.2) is 0 Å². The van der Waals surface area contributed by atoms with Gasteiger partial charge in [0, 0.05) is 19.6 Å². The molecule has 0 unspecified atom stereocenters. The lowest BCUT2D eigenvalue weighted by atomic mass is 9.83. The Morgan fingerprint density at radius 1 is 1.31 bits per heavy atom. The van der Waals surface area contributed by atoms with Crippen LogP contribution >= 0.6 is 0 Å². The fourth-order valence-corrected chi connectivity index (χ4v) is 3.17. The number of imide groups is 1. The van der Waals surface area contributed by atoms with Gasteiger partial charge in [0.1, 0.15) is 0 Å². The van der Waals surface area contributed by atoms with E-state index >= 15 is 0 Å². The van der Waals surface area contributed by atoms with Gasteiger partial charge in [0.2, 0.25) is 11.8 Å². The van der Waals surface area contributed by atoms with Crippen LogP contribution in [0.15, 0.2) is 0 Å². The van der Waals surface area contributed by atoms with E-state index in [-0.39, 0.29) is 29.7 Å². The number of carbonyl (C=O) groups excluding carboxylic acids is 2. The summed E-state index contributed by atoms with van der Waals surface area (Å²) in [5, 5.41) is 3.37. The second-order valence-electron chi connectivity index (χ2n) is 4.88. The molecule has 2 aliphatic heterocycles. The molecular weight excluding hydrogens is 204 g/mol. The third-order valence-corrected chi connectivity index (χ3v) is 4.21. The molecule has 90 valence electrons. The lowest BCUT2D eigenvalue weighted by Crippen LogP contribution is -2.40. The Hall–Kier alpha value is -0.900. The molecule has 1 N–H and O–H groups in total. The molecule has 3 atom stereocenters. The van der Waals surface area contributed by atoms with E-state index in [2.05, 4.69) is 19.2 Å². The van der Waals surface area contributed by atoms with Crippen LogP contribution in [0.25, 0.3) is 0 Å². The van der Waals surface area contributed by atoms with Crippen molar-refractivity contribution in [3.8, 4) is 0 Å². The molecule has 0 radical (unpaired) electrons. The van der Waals surface area contributed by atoms with Crippen LogP contribution in [0.4, 0.5) is 0 Å². The maximum absolute atomic E-state index is 12.0. The quantitative estimate of drug-likeness (QED) is 0.715. The van der Waals surface area contributed by atoms with E-state index in [1.165, 1.54) is 4.90 Å². The van der Waals surface area contributed by atoms with E-state index in [9.17, 15) is 9.59 Å². The Kier molecular flexibility index (Phi) is 3.02. The molecule has 0 aromatic heterocycles. The number of hydrogen-bond donors (Lipinski definition) is 1. The minimum absolute atomic E-state index is 0.00374. The number of carbonyl (C=O) groups is 2. The molecular formula is C12H20N2O2. The highest BCUT2D eigenvalue weighted by Gasteiger charge is 2.54. The minimum atomic E-state index is -0.109. The summed E-state index contributed by atoms with van der Waals surface area (Å²) in [6.07, 6.45) is 2.12. The van der Waals surface area contributed by atoms with Crippen LogP contribution in [-0.4, -0.2) is 36.3 Å². The zero-order valence-corrected chi connectivity index (χ0v) is 10.2. The Bertz CT molecular complexity index is 312. The molecule has 0 aromatic rings. The third-order valence-electron chi connectivity index (χ3n) is 4.21. The number of fused-ring (bicyclic) bond motifs is 1. The Labute approximate surface area is 96.4 Å². The van der Waals surface area contributed by atoms with Crippen LogP contribution in [0.3, 0.4) is 0 Å². The van der Waals surface area contributed by atoms with Crippen LogP contribution in [0.1, 0.15) is 26.7 Å². The smallest absolute Gasteiger partial charge is 0.234 e. The van der Waals surface area contributed by atoms with Gasteiger partial charge in [0.05, 0.1) is 11.8 Å².